The molecule has 0 unspecified atom stereocenters. The summed E-state index contributed by atoms with van der Waals surface area (Å²) in [5, 5.41) is 4.27. The van der Waals surface area contributed by atoms with Gasteiger partial charge in [-0.1, -0.05) is 188 Å². The minimum Gasteiger partial charge on any atom is -0.437 e. The van der Waals surface area contributed by atoms with E-state index in [-0.39, 0.29) is 0 Å². The van der Waals surface area contributed by atoms with Gasteiger partial charge in [0, 0.05) is 27.4 Å². The molecule has 61 heavy (non-hydrogen) atoms. The lowest BCUT2D eigenvalue weighted by Crippen LogP contribution is -2.28. The number of pyridine rings is 1. The van der Waals surface area contributed by atoms with Gasteiger partial charge in [0.05, 0.1) is 11.1 Å². The van der Waals surface area contributed by atoms with Gasteiger partial charge in [0.2, 0.25) is 5.71 Å². The highest BCUT2D eigenvalue weighted by Crippen LogP contribution is 2.59. The van der Waals surface area contributed by atoms with Gasteiger partial charge in [0.25, 0.3) is 0 Å². The highest BCUT2D eigenvalue weighted by atomic mass is 16.3. The highest BCUT2D eigenvalue weighted by molar-refractivity contribution is 6.14. The van der Waals surface area contributed by atoms with Crippen molar-refractivity contribution in [2.24, 2.45) is 0 Å². The van der Waals surface area contributed by atoms with Gasteiger partial charge in [0.1, 0.15) is 11.4 Å². The summed E-state index contributed by atoms with van der Waals surface area (Å²) < 4.78 is 6.75. The van der Waals surface area contributed by atoms with Crippen LogP contribution in [0.15, 0.2) is 235 Å². The molecule has 11 aromatic rings. The maximum atomic E-state index is 6.75. The second-order valence-corrected chi connectivity index (χ2v) is 15.8. The van der Waals surface area contributed by atoms with E-state index in [0.29, 0.717) is 5.71 Å². The first kappa shape index (κ1) is 35.0. The zero-order valence-corrected chi connectivity index (χ0v) is 33.2. The molecule has 0 fully saturated rings. The second kappa shape index (κ2) is 14.1. The third-order valence-corrected chi connectivity index (χ3v) is 12.6. The zero-order valence-electron chi connectivity index (χ0n) is 33.2. The van der Waals surface area contributed by atoms with E-state index < -0.39 is 5.41 Å². The number of hydrogen-bond donors (Lipinski definition) is 0. The fourth-order valence-corrected chi connectivity index (χ4v) is 9.84. The van der Waals surface area contributed by atoms with Crippen molar-refractivity contribution in [1.82, 2.24) is 4.98 Å². The van der Waals surface area contributed by atoms with E-state index in [9.17, 15) is 0 Å². The Morgan fingerprint density at radius 3 is 1.70 bits per heavy atom. The summed E-state index contributed by atoms with van der Waals surface area (Å²) in [5.74, 6) is 0.765. The molecule has 286 valence electrons. The first-order valence-corrected chi connectivity index (χ1v) is 20.9. The van der Waals surface area contributed by atoms with Gasteiger partial charge in [-0.15, -0.1) is 0 Å². The summed E-state index contributed by atoms with van der Waals surface area (Å²) in [4.78, 5) is 7.76. The van der Waals surface area contributed by atoms with Crippen molar-refractivity contribution in [1.29, 1.82) is 0 Å². The second-order valence-electron chi connectivity index (χ2n) is 15.8. The predicted octanol–water partition coefficient (Wildman–Crippen LogP) is 15.3. The number of anilines is 3. The Hall–Kier alpha value is -8.01. The number of fused-ring (bicyclic) bond motifs is 8. The van der Waals surface area contributed by atoms with Crippen molar-refractivity contribution in [2.75, 3.05) is 4.90 Å². The summed E-state index contributed by atoms with van der Waals surface area (Å²) in [6, 6.07) is 83.0. The molecule has 2 aromatic heterocycles. The van der Waals surface area contributed by atoms with Crippen molar-refractivity contribution < 1.29 is 4.42 Å². The average Bonchev–Trinajstić information content (AvgIpc) is 3.86. The van der Waals surface area contributed by atoms with Crippen LogP contribution >= 0.6 is 0 Å². The fraction of sp³-hybridized carbons (Fsp3) is 0.0172. The molecule has 3 nitrogen and oxygen atoms in total. The molecule has 0 amide bonds. The molecule has 12 rings (SSSR count). The van der Waals surface area contributed by atoms with Crippen molar-refractivity contribution in [2.45, 2.75) is 5.41 Å². The van der Waals surface area contributed by atoms with Crippen LogP contribution in [0.3, 0.4) is 0 Å². The Kier molecular flexibility index (Phi) is 8.07. The molecule has 0 N–H and O–H groups in total. The molecule has 0 saturated carbocycles. The minimum atomic E-state index is -0.585. The average molecular weight is 779 g/mol. The van der Waals surface area contributed by atoms with E-state index in [0.717, 1.165) is 61.0 Å². The Morgan fingerprint density at radius 2 is 0.984 bits per heavy atom. The van der Waals surface area contributed by atoms with Crippen LogP contribution in [0.4, 0.5) is 17.2 Å². The van der Waals surface area contributed by atoms with Crippen molar-refractivity contribution >= 4 is 50.0 Å². The van der Waals surface area contributed by atoms with Gasteiger partial charge in [0.15, 0.2) is 0 Å². The molecule has 1 aliphatic carbocycles. The zero-order chi connectivity index (χ0) is 40.3. The standard InChI is InChI=1S/C58H38N2O/c1-5-17-39(18-6-1)40-29-32-45(33-30-40)60(55-36-35-49-48-34-31-42-21-13-14-26-46(42)56(48)61-57(49)59-55)54-38-53-51(37-50(54)41-19-7-2-8-20-41)47-27-15-16-28-52(47)58(53,43-22-9-3-10-23-43)44-24-11-4-12-25-44/h1-38H. The SMILES string of the molecule is c1ccc(-c2ccc(N(c3ccc4c(n3)oc3c5ccccc5ccc43)c3cc4c(cc3-c3ccccc3)-c3ccccc3C4(c3ccccc3)c3ccccc3)cc2)cc1. The minimum absolute atomic E-state index is 0.585. The predicted molar refractivity (Wildman–Crippen MR) is 252 cm³/mol. The van der Waals surface area contributed by atoms with E-state index in [1.807, 2.05) is 0 Å². The van der Waals surface area contributed by atoms with Gasteiger partial charge in [-0.3, -0.25) is 4.90 Å². The van der Waals surface area contributed by atoms with E-state index in [1.165, 1.54) is 38.9 Å². The fourth-order valence-electron chi connectivity index (χ4n) is 9.84. The summed E-state index contributed by atoms with van der Waals surface area (Å²) >= 11 is 0. The smallest absolute Gasteiger partial charge is 0.229 e. The summed E-state index contributed by atoms with van der Waals surface area (Å²) in [6.07, 6.45) is 0. The molecule has 0 radical (unpaired) electrons. The summed E-state index contributed by atoms with van der Waals surface area (Å²) in [7, 11) is 0. The van der Waals surface area contributed by atoms with Crippen LogP contribution in [0.2, 0.25) is 0 Å². The Morgan fingerprint density at radius 1 is 0.393 bits per heavy atom. The topological polar surface area (TPSA) is 29.3 Å². The number of rotatable bonds is 7. The van der Waals surface area contributed by atoms with E-state index in [2.05, 4.69) is 235 Å². The third-order valence-electron chi connectivity index (χ3n) is 12.6. The van der Waals surface area contributed by atoms with Crippen molar-refractivity contribution in [3.05, 3.63) is 253 Å². The van der Waals surface area contributed by atoms with E-state index in [4.69, 9.17) is 9.40 Å². The van der Waals surface area contributed by atoms with Gasteiger partial charge in [-0.25, -0.2) is 0 Å². The van der Waals surface area contributed by atoms with Gasteiger partial charge >= 0.3 is 0 Å². The molecule has 2 heterocycles. The van der Waals surface area contributed by atoms with Gasteiger partial charge < -0.3 is 4.42 Å². The normalized spacial score (nSPS) is 12.7. The summed E-state index contributed by atoms with van der Waals surface area (Å²) in [6.45, 7) is 0. The highest BCUT2D eigenvalue weighted by Gasteiger charge is 2.47. The Labute approximate surface area is 354 Å². The van der Waals surface area contributed by atoms with Crippen LogP contribution < -0.4 is 4.90 Å². The van der Waals surface area contributed by atoms with Crippen LogP contribution in [0.25, 0.3) is 66.2 Å². The molecule has 1 aliphatic rings. The third kappa shape index (κ3) is 5.48. The molecular weight excluding hydrogens is 741 g/mol. The largest absolute Gasteiger partial charge is 0.437 e. The molecule has 9 aromatic carbocycles. The molecule has 0 aliphatic heterocycles. The Bertz CT molecular complexity index is 3350. The molecular formula is C58H38N2O. The number of furan rings is 1. The molecule has 0 saturated heterocycles. The molecule has 3 heteroatoms. The quantitative estimate of drug-likeness (QED) is 0.161. The lowest BCUT2D eigenvalue weighted by atomic mass is 9.67. The lowest BCUT2D eigenvalue weighted by molar-refractivity contribution is 0.658. The number of benzene rings is 9. The molecule has 0 bridgehead atoms. The maximum absolute atomic E-state index is 6.75. The first-order valence-electron chi connectivity index (χ1n) is 20.9. The van der Waals surface area contributed by atoms with E-state index in [1.54, 1.807) is 0 Å². The van der Waals surface area contributed by atoms with Gasteiger partial charge in [-0.05, 0) is 97.9 Å². The Balaban J connectivity index is 1.17. The van der Waals surface area contributed by atoms with E-state index >= 15 is 0 Å². The van der Waals surface area contributed by atoms with Crippen LogP contribution in [0.5, 0.6) is 0 Å². The van der Waals surface area contributed by atoms with Crippen LogP contribution in [-0.2, 0) is 5.41 Å². The number of hydrogen-bond acceptors (Lipinski definition) is 3. The van der Waals surface area contributed by atoms with Crippen LogP contribution in [-0.4, -0.2) is 4.98 Å². The van der Waals surface area contributed by atoms with Crippen molar-refractivity contribution in [3.63, 3.8) is 0 Å². The lowest BCUT2D eigenvalue weighted by Gasteiger charge is -2.35. The first-order chi connectivity index (χ1) is 30.3. The number of aromatic nitrogens is 1. The molecule has 0 spiro atoms. The van der Waals surface area contributed by atoms with Crippen LogP contribution in [0, 0.1) is 0 Å². The summed E-state index contributed by atoms with van der Waals surface area (Å²) in [5.41, 5.74) is 14.8. The van der Waals surface area contributed by atoms with Crippen molar-refractivity contribution in [3.8, 4) is 33.4 Å². The van der Waals surface area contributed by atoms with Crippen LogP contribution in [0.1, 0.15) is 22.3 Å². The maximum Gasteiger partial charge on any atom is 0.229 e. The monoisotopic (exact) mass is 778 g/mol. The molecule has 0 atom stereocenters. The van der Waals surface area contributed by atoms with Gasteiger partial charge in [-0.2, -0.15) is 4.98 Å². The number of nitrogens with zero attached hydrogens (tertiary/aromatic N) is 2.